The van der Waals surface area contributed by atoms with E-state index in [1.165, 1.54) is 6.26 Å². The molecule has 2 aromatic heterocycles. The Kier molecular flexibility index (Phi) is 4.85. The van der Waals surface area contributed by atoms with Crippen molar-refractivity contribution in [3.05, 3.63) is 66.0 Å². The summed E-state index contributed by atoms with van der Waals surface area (Å²) in [6, 6.07) is 13.0. The van der Waals surface area contributed by atoms with Crippen LogP contribution >= 0.6 is 0 Å². The van der Waals surface area contributed by atoms with Gasteiger partial charge in [0.2, 0.25) is 0 Å². The van der Waals surface area contributed by atoms with Gasteiger partial charge in [-0.05, 0) is 61.2 Å². The number of hydrogen-bond acceptors (Lipinski definition) is 4. The summed E-state index contributed by atoms with van der Waals surface area (Å²) < 4.78 is 29.4. The van der Waals surface area contributed by atoms with E-state index in [9.17, 15) is 8.42 Å². The van der Waals surface area contributed by atoms with Gasteiger partial charge < -0.3 is 9.72 Å². The summed E-state index contributed by atoms with van der Waals surface area (Å²) >= 11 is 0. The molecule has 0 radical (unpaired) electrons. The topological polar surface area (TPSA) is 72.1 Å². The summed E-state index contributed by atoms with van der Waals surface area (Å²) in [5.74, 6) is 0. The van der Waals surface area contributed by atoms with Crippen molar-refractivity contribution in [1.29, 1.82) is 0 Å². The predicted octanol–water partition coefficient (Wildman–Crippen LogP) is 3.97. The lowest BCUT2D eigenvalue weighted by molar-refractivity contribution is 0.0469. The summed E-state index contributed by atoms with van der Waals surface area (Å²) in [7, 11) is -3.22. The Morgan fingerprint density at radius 1 is 1.22 bits per heavy atom. The van der Waals surface area contributed by atoms with E-state index in [-0.39, 0.29) is 6.10 Å². The van der Waals surface area contributed by atoms with Crippen molar-refractivity contribution in [2.24, 2.45) is 0 Å². The number of pyridine rings is 1. The van der Waals surface area contributed by atoms with Crippen LogP contribution in [0, 0.1) is 0 Å². The van der Waals surface area contributed by atoms with E-state index in [2.05, 4.69) is 22.1 Å². The first-order valence-corrected chi connectivity index (χ1v) is 11.0. The van der Waals surface area contributed by atoms with Gasteiger partial charge in [-0.25, -0.2) is 13.4 Å². The van der Waals surface area contributed by atoms with Crippen LogP contribution in [0.15, 0.2) is 59.6 Å². The molecule has 4 rings (SSSR count). The minimum Gasteiger partial charge on any atom is -0.374 e. The van der Waals surface area contributed by atoms with Crippen LogP contribution < -0.4 is 0 Å². The summed E-state index contributed by atoms with van der Waals surface area (Å²) in [5, 5.41) is 1.04. The van der Waals surface area contributed by atoms with Gasteiger partial charge in [0.05, 0.1) is 11.0 Å². The fraction of sp³-hybridized carbons (Fsp3) is 0.286. The van der Waals surface area contributed by atoms with Gasteiger partial charge in [-0.1, -0.05) is 12.1 Å². The van der Waals surface area contributed by atoms with E-state index in [1.807, 2.05) is 24.3 Å². The second kappa shape index (κ2) is 7.29. The maximum Gasteiger partial charge on any atom is 0.175 e. The van der Waals surface area contributed by atoms with E-state index in [4.69, 9.17) is 4.74 Å². The molecule has 3 aromatic rings. The third-order valence-electron chi connectivity index (χ3n) is 4.84. The number of hydrogen-bond donors (Lipinski definition) is 1. The molecule has 1 aromatic carbocycles. The smallest absolute Gasteiger partial charge is 0.175 e. The van der Waals surface area contributed by atoms with Crippen LogP contribution in [0.4, 0.5) is 0 Å². The minimum atomic E-state index is -3.22. The zero-order valence-electron chi connectivity index (χ0n) is 15.2. The zero-order valence-corrected chi connectivity index (χ0v) is 16.0. The van der Waals surface area contributed by atoms with Gasteiger partial charge in [-0.15, -0.1) is 0 Å². The molecule has 1 N–H and O–H groups in total. The van der Waals surface area contributed by atoms with Crippen LogP contribution in [0.1, 0.15) is 30.5 Å². The van der Waals surface area contributed by atoms with Crippen LogP contribution in [0.2, 0.25) is 0 Å². The van der Waals surface area contributed by atoms with Crippen molar-refractivity contribution in [2.75, 3.05) is 12.9 Å². The largest absolute Gasteiger partial charge is 0.374 e. The molecule has 0 saturated carbocycles. The number of aromatic amines is 1. The van der Waals surface area contributed by atoms with Gasteiger partial charge in [-0.2, -0.15) is 0 Å². The number of H-pyrrole nitrogens is 1. The van der Waals surface area contributed by atoms with Crippen LogP contribution in [0.3, 0.4) is 0 Å². The van der Waals surface area contributed by atoms with Crippen molar-refractivity contribution in [2.45, 2.75) is 30.3 Å². The van der Waals surface area contributed by atoms with Crippen LogP contribution in [-0.2, 0) is 14.6 Å². The lowest BCUT2D eigenvalue weighted by atomic mass is 9.98. The molecule has 0 spiro atoms. The molecular formula is C21H22N2O3S. The molecule has 0 amide bonds. The van der Waals surface area contributed by atoms with Crippen molar-refractivity contribution in [1.82, 2.24) is 9.97 Å². The molecule has 1 aliphatic rings. The molecule has 3 heterocycles. The van der Waals surface area contributed by atoms with Crippen molar-refractivity contribution in [3.8, 4) is 0 Å². The zero-order chi connectivity index (χ0) is 18.9. The Balaban J connectivity index is 1.79. The third-order valence-corrected chi connectivity index (χ3v) is 5.97. The highest BCUT2D eigenvalue weighted by atomic mass is 32.2. The molecule has 5 nitrogen and oxygen atoms in total. The summed E-state index contributed by atoms with van der Waals surface area (Å²) in [4.78, 5) is 8.07. The average molecular weight is 382 g/mol. The number of nitrogens with zero attached hydrogens (tertiary/aromatic N) is 1. The fourth-order valence-electron chi connectivity index (χ4n) is 3.41. The Morgan fingerprint density at radius 2 is 2.04 bits per heavy atom. The number of fused-ring (bicyclic) bond motifs is 1. The average Bonchev–Trinajstić information content (AvgIpc) is 3.10. The number of aromatic nitrogens is 2. The minimum absolute atomic E-state index is 0.0581. The monoisotopic (exact) mass is 382 g/mol. The standard InChI is InChI=1S/C21H22N2O3S/c1-27(24,25)18-9-7-15(8-10-18)19(14-17-6-2-3-12-26-17)20-13-16-5-4-11-22-21(16)23-20/h4-5,7-11,13-14,17H,2-3,6,12H2,1H3,(H,22,23)/t17-/m0/s1. The Labute approximate surface area is 159 Å². The lowest BCUT2D eigenvalue weighted by Crippen LogP contribution is -2.17. The second-order valence-corrected chi connectivity index (χ2v) is 8.92. The first kappa shape index (κ1) is 17.9. The normalized spacial score (nSPS) is 18.7. The van der Waals surface area contributed by atoms with Gasteiger partial charge in [0.1, 0.15) is 5.65 Å². The van der Waals surface area contributed by atoms with Crippen molar-refractivity contribution >= 4 is 26.4 Å². The summed E-state index contributed by atoms with van der Waals surface area (Å²) in [6.45, 7) is 0.774. The van der Waals surface area contributed by atoms with Gasteiger partial charge in [0, 0.05) is 35.7 Å². The van der Waals surface area contributed by atoms with E-state index in [0.29, 0.717) is 4.90 Å². The molecule has 1 atom stereocenters. The maximum atomic E-state index is 11.8. The van der Waals surface area contributed by atoms with E-state index in [1.54, 1.807) is 18.3 Å². The highest BCUT2D eigenvalue weighted by Gasteiger charge is 2.16. The number of ether oxygens (including phenoxy) is 1. The van der Waals surface area contributed by atoms with Crippen molar-refractivity contribution < 1.29 is 13.2 Å². The van der Waals surface area contributed by atoms with Crippen molar-refractivity contribution in [3.63, 3.8) is 0 Å². The van der Waals surface area contributed by atoms with E-state index >= 15 is 0 Å². The molecule has 27 heavy (non-hydrogen) atoms. The maximum absolute atomic E-state index is 11.8. The van der Waals surface area contributed by atoms with Crippen LogP contribution in [0.25, 0.3) is 16.6 Å². The SMILES string of the molecule is CS(=O)(=O)c1ccc(C(=C[C@@H]2CCCCO2)c2cc3cccnc3[nH]2)cc1. The Bertz CT molecular complexity index is 1040. The van der Waals surface area contributed by atoms with Gasteiger partial charge in [0.15, 0.2) is 9.84 Å². The van der Waals surface area contributed by atoms with E-state index in [0.717, 1.165) is 53.7 Å². The first-order valence-electron chi connectivity index (χ1n) is 9.09. The lowest BCUT2D eigenvalue weighted by Gasteiger charge is -2.21. The molecule has 1 fully saturated rings. The molecule has 1 saturated heterocycles. The Morgan fingerprint density at radius 3 is 2.70 bits per heavy atom. The quantitative estimate of drug-likeness (QED) is 0.741. The highest BCUT2D eigenvalue weighted by molar-refractivity contribution is 7.90. The van der Waals surface area contributed by atoms with Crippen LogP contribution in [-0.4, -0.2) is 37.4 Å². The Hall–Kier alpha value is -2.44. The summed E-state index contributed by atoms with van der Waals surface area (Å²) in [6.07, 6.45) is 8.41. The molecule has 0 unspecified atom stereocenters. The number of benzene rings is 1. The number of rotatable bonds is 4. The number of sulfone groups is 1. The first-order chi connectivity index (χ1) is 13.0. The molecule has 140 valence electrons. The number of nitrogens with one attached hydrogen (secondary N) is 1. The molecular weight excluding hydrogens is 360 g/mol. The third kappa shape index (κ3) is 3.96. The molecule has 0 bridgehead atoms. The molecule has 6 heteroatoms. The second-order valence-electron chi connectivity index (χ2n) is 6.91. The predicted molar refractivity (Wildman–Crippen MR) is 106 cm³/mol. The molecule has 0 aliphatic carbocycles. The van der Waals surface area contributed by atoms with Gasteiger partial charge >= 0.3 is 0 Å². The fourth-order valence-corrected chi connectivity index (χ4v) is 4.04. The highest BCUT2D eigenvalue weighted by Crippen LogP contribution is 2.29. The van der Waals surface area contributed by atoms with E-state index < -0.39 is 9.84 Å². The van der Waals surface area contributed by atoms with Gasteiger partial charge in [-0.3, -0.25) is 0 Å². The summed E-state index contributed by atoms with van der Waals surface area (Å²) in [5.41, 5.74) is 3.73. The molecule has 1 aliphatic heterocycles. The van der Waals surface area contributed by atoms with Gasteiger partial charge in [0.25, 0.3) is 0 Å². The van der Waals surface area contributed by atoms with Crippen LogP contribution in [0.5, 0.6) is 0 Å².